The Labute approximate surface area is 223 Å². The molecule has 1 fully saturated rings. The number of carboxylic acids is 1. The zero-order valence-corrected chi connectivity index (χ0v) is 22.2. The maximum atomic E-state index is 14.5. The molecule has 1 aromatic carbocycles. The van der Waals surface area contributed by atoms with Gasteiger partial charge in [0.15, 0.2) is 11.5 Å². The van der Waals surface area contributed by atoms with Crippen molar-refractivity contribution >= 4 is 11.8 Å². The fourth-order valence-electron chi connectivity index (χ4n) is 5.49. The van der Waals surface area contributed by atoms with Gasteiger partial charge in [0.05, 0.1) is 6.10 Å². The summed E-state index contributed by atoms with van der Waals surface area (Å²) in [6, 6.07) is 5.80. The second kappa shape index (κ2) is 11.9. The molecule has 0 radical (unpaired) electrons. The number of carbonyl (C=O) groups is 1. The van der Waals surface area contributed by atoms with Gasteiger partial charge in [0.25, 0.3) is 0 Å². The number of aliphatic carboxylic acids is 1. The number of fused-ring (bicyclic) bond motifs is 2. The van der Waals surface area contributed by atoms with Crippen LogP contribution in [0.15, 0.2) is 24.3 Å². The van der Waals surface area contributed by atoms with Crippen molar-refractivity contribution in [2.45, 2.75) is 70.6 Å². The Hall–Kier alpha value is -2.91. The van der Waals surface area contributed by atoms with E-state index in [4.69, 9.17) is 19.2 Å². The summed E-state index contributed by atoms with van der Waals surface area (Å²) in [7, 11) is 0. The summed E-state index contributed by atoms with van der Waals surface area (Å²) >= 11 is 0. The molecule has 4 heterocycles. The molecule has 0 spiro atoms. The zero-order valence-electron chi connectivity index (χ0n) is 22.2. The Bertz CT molecular complexity index is 1140. The number of rotatable bonds is 10. The number of nitrogens with zero attached hydrogens (tertiary/aromatic N) is 2. The molecule has 3 aliphatic heterocycles. The number of ether oxygens (including phenoxy) is 3. The van der Waals surface area contributed by atoms with E-state index in [2.05, 4.69) is 17.4 Å². The highest BCUT2D eigenvalue weighted by Gasteiger charge is 2.38. The lowest BCUT2D eigenvalue weighted by atomic mass is 10.0. The van der Waals surface area contributed by atoms with Crippen molar-refractivity contribution in [1.82, 2.24) is 9.88 Å². The second-order valence-corrected chi connectivity index (χ2v) is 10.8. The molecule has 206 valence electrons. The number of carboxylic acid groups (broad SMARTS) is 1. The van der Waals surface area contributed by atoms with Gasteiger partial charge in [-0.2, -0.15) is 0 Å². The lowest BCUT2D eigenvalue weighted by Gasteiger charge is -2.33. The van der Waals surface area contributed by atoms with Gasteiger partial charge in [-0.1, -0.05) is 19.9 Å². The van der Waals surface area contributed by atoms with Gasteiger partial charge in [0, 0.05) is 43.6 Å². The van der Waals surface area contributed by atoms with Crippen molar-refractivity contribution in [3.63, 3.8) is 0 Å². The van der Waals surface area contributed by atoms with Crippen molar-refractivity contribution in [2.24, 2.45) is 5.92 Å². The number of halogens is 1. The molecular weight excluding hydrogens is 489 g/mol. The normalized spacial score (nSPS) is 21.7. The van der Waals surface area contributed by atoms with Crippen molar-refractivity contribution in [2.75, 3.05) is 38.2 Å². The van der Waals surface area contributed by atoms with E-state index < -0.39 is 17.8 Å². The fraction of sp³-hybridized carbons (Fsp3) is 0.586. The highest BCUT2D eigenvalue weighted by Crippen LogP contribution is 2.42. The van der Waals surface area contributed by atoms with Crippen LogP contribution in [0.3, 0.4) is 0 Å². The number of pyridine rings is 1. The van der Waals surface area contributed by atoms with Crippen LogP contribution in [0.2, 0.25) is 0 Å². The second-order valence-electron chi connectivity index (χ2n) is 10.8. The Kier molecular flexibility index (Phi) is 8.33. The minimum atomic E-state index is -1.04. The molecule has 1 unspecified atom stereocenters. The highest BCUT2D eigenvalue weighted by atomic mass is 19.1. The maximum absolute atomic E-state index is 14.5. The molecule has 0 aliphatic carbocycles. The van der Waals surface area contributed by atoms with Crippen LogP contribution in [0.5, 0.6) is 11.5 Å². The molecule has 1 aromatic heterocycles. The van der Waals surface area contributed by atoms with E-state index in [0.29, 0.717) is 37.6 Å². The molecule has 3 atom stereocenters. The monoisotopic (exact) mass is 527 g/mol. The molecule has 9 heteroatoms. The standard InChI is InChI=1S/C29H38FN3O5/c1-18(2)25-17-37-24-15-20(30)14-23(27(24)38-25)26(29(34)35)33-12-10-22(16-33)36-13-4-3-7-21-9-8-19-6-5-11-31-28(19)32-21/h8-9,14-15,18,22,25-26H,3-7,10-13,16-17H2,1-2H3,(H,31,32)(H,34,35)/t22-,25-,26?/m1/s1. The number of hydrogen-bond acceptors (Lipinski definition) is 7. The third kappa shape index (κ3) is 6.04. The van der Waals surface area contributed by atoms with Crippen LogP contribution in [-0.2, 0) is 22.4 Å². The first-order valence-corrected chi connectivity index (χ1v) is 13.8. The molecule has 5 rings (SSSR count). The third-order valence-electron chi connectivity index (χ3n) is 7.67. The predicted octanol–water partition coefficient (Wildman–Crippen LogP) is 4.61. The number of anilines is 1. The smallest absolute Gasteiger partial charge is 0.325 e. The highest BCUT2D eigenvalue weighted by molar-refractivity contribution is 5.77. The van der Waals surface area contributed by atoms with Crippen molar-refractivity contribution in [1.29, 1.82) is 0 Å². The summed E-state index contributed by atoms with van der Waals surface area (Å²) in [6.07, 6.45) is 5.48. The molecule has 0 saturated carbocycles. The number of aryl methyl sites for hydroxylation is 2. The van der Waals surface area contributed by atoms with Gasteiger partial charge in [0.1, 0.15) is 30.4 Å². The zero-order chi connectivity index (χ0) is 26.6. The van der Waals surface area contributed by atoms with Gasteiger partial charge in [-0.3, -0.25) is 9.69 Å². The molecule has 2 N–H and O–H groups in total. The number of hydrogen-bond donors (Lipinski definition) is 2. The Morgan fingerprint density at radius 2 is 2.18 bits per heavy atom. The third-order valence-corrected chi connectivity index (χ3v) is 7.67. The van der Waals surface area contributed by atoms with Crippen LogP contribution < -0.4 is 14.8 Å². The van der Waals surface area contributed by atoms with Crippen molar-refractivity contribution in [3.05, 3.63) is 46.9 Å². The summed E-state index contributed by atoms with van der Waals surface area (Å²) in [6.45, 7) is 6.95. The summed E-state index contributed by atoms with van der Waals surface area (Å²) in [5.74, 6) is 0.223. The van der Waals surface area contributed by atoms with E-state index in [9.17, 15) is 14.3 Å². The van der Waals surface area contributed by atoms with Crippen LogP contribution in [0.1, 0.15) is 62.4 Å². The molecule has 3 aliphatic rings. The summed E-state index contributed by atoms with van der Waals surface area (Å²) in [5, 5.41) is 13.5. The van der Waals surface area contributed by atoms with Crippen LogP contribution in [-0.4, -0.2) is 66.0 Å². The molecular formula is C29H38FN3O5. The Morgan fingerprint density at radius 3 is 3.00 bits per heavy atom. The predicted molar refractivity (Wildman–Crippen MR) is 141 cm³/mol. The lowest BCUT2D eigenvalue weighted by Crippen LogP contribution is -2.37. The number of aromatic nitrogens is 1. The largest absolute Gasteiger partial charge is 0.486 e. The van der Waals surface area contributed by atoms with Crippen LogP contribution in [0.25, 0.3) is 0 Å². The number of benzene rings is 1. The Morgan fingerprint density at radius 1 is 1.32 bits per heavy atom. The first-order chi connectivity index (χ1) is 18.4. The fourth-order valence-corrected chi connectivity index (χ4v) is 5.49. The van der Waals surface area contributed by atoms with Crippen molar-refractivity contribution < 1.29 is 28.5 Å². The van der Waals surface area contributed by atoms with Gasteiger partial charge in [-0.25, -0.2) is 9.37 Å². The SMILES string of the molecule is CC(C)[C@H]1COc2cc(F)cc(C(C(=O)O)N3CC[C@@H](OCCCCc4ccc5c(n4)NCCC5)C3)c2O1. The van der Waals surface area contributed by atoms with Gasteiger partial charge < -0.3 is 24.6 Å². The van der Waals surface area contributed by atoms with Gasteiger partial charge in [-0.15, -0.1) is 0 Å². The van der Waals surface area contributed by atoms with E-state index in [1.165, 1.54) is 17.7 Å². The lowest BCUT2D eigenvalue weighted by molar-refractivity contribution is -0.143. The maximum Gasteiger partial charge on any atom is 0.325 e. The Balaban J connectivity index is 1.15. The van der Waals surface area contributed by atoms with E-state index in [1.54, 1.807) is 0 Å². The molecule has 8 nitrogen and oxygen atoms in total. The molecule has 0 amide bonds. The average Bonchev–Trinajstić information content (AvgIpc) is 3.36. The van der Waals surface area contributed by atoms with E-state index in [-0.39, 0.29) is 23.9 Å². The van der Waals surface area contributed by atoms with Crippen molar-refractivity contribution in [3.8, 4) is 11.5 Å². The minimum Gasteiger partial charge on any atom is -0.486 e. The summed E-state index contributed by atoms with van der Waals surface area (Å²) < 4.78 is 32.5. The minimum absolute atomic E-state index is 0.0621. The topological polar surface area (TPSA) is 93.2 Å². The van der Waals surface area contributed by atoms with Crippen LogP contribution in [0, 0.1) is 11.7 Å². The van der Waals surface area contributed by atoms with Crippen LogP contribution >= 0.6 is 0 Å². The molecule has 1 saturated heterocycles. The van der Waals surface area contributed by atoms with E-state index in [1.807, 2.05) is 18.7 Å². The van der Waals surface area contributed by atoms with Gasteiger partial charge in [0.2, 0.25) is 0 Å². The van der Waals surface area contributed by atoms with Gasteiger partial charge in [-0.05, 0) is 62.1 Å². The number of likely N-dealkylation sites (tertiary alicyclic amines) is 1. The first kappa shape index (κ1) is 26.7. The number of unbranched alkanes of at least 4 members (excludes halogenated alkanes) is 1. The molecule has 0 bridgehead atoms. The molecule has 38 heavy (non-hydrogen) atoms. The quantitative estimate of drug-likeness (QED) is 0.433. The van der Waals surface area contributed by atoms with E-state index >= 15 is 0 Å². The summed E-state index contributed by atoms with van der Waals surface area (Å²) in [5.41, 5.74) is 2.69. The van der Waals surface area contributed by atoms with E-state index in [0.717, 1.165) is 56.6 Å². The van der Waals surface area contributed by atoms with Gasteiger partial charge >= 0.3 is 5.97 Å². The molecule has 2 aromatic rings. The first-order valence-electron chi connectivity index (χ1n) is 13.8. The number of nitrogens with one attached hydrogen (secondary N) is 1. The average molecular weight is 528 g/mol. The van der Waals surface area contributed by atoms with Crippen LogP contribution in [0.4, 0.5) is 10.2 Å². The summed E-state index contributed by atoms with van der Waals surface area (Å²) in [4.78, 5) is 19.0.